The molecule has 0 fully saturated rings. The molecule has 0 bridgehead atoms. The van der Waals surface area contributed by atoms with E-state index in [0.29, 0.717) is 0 Å². The number of hydrogen-bond donors (Lipinski definition) is 0. The first-order valence-corrected chi connectivity index (χ1v) is 12.8. The lowest BCUT2D eigenvalue weighted by atomic mass is 9.90. The highest BCUT2D eigenvalue weighted by atomic mass is 28.3. The Bertz CT molecular complexity index is 577. The number of rotatable bonds is 10. The third kappa shape index (κ3) is 4.94. The van der Waals surface area contributed by atoms with Crippen molar-refractivity contribution in [3.05, 3.63) is 39.6 Å². The molecule has 1 rings (SSSR count). The smallest absolute Gasteiger partial charge is 0.142 e. The molecule has 0 saturated carbocycles. The zero-order valence-electron chi connectivity index (χ0n) is 17.6. The minimum atomic E-state index is -1.70. The number of allylic oxidation sites excluding steroid dienone is 2. The van der Waals surface area contributed by atoms with Crippen LogP contribution in [0.25, 0.3) is 5.57 Å². The van der Waals surface area contributed by atoms with Gasteiger partial charge < -0.3 is 0 Å². The van der Waals surface area contributed by atoms with E-state index in [9.17, 15) is 4.79 Å². The van der Waals surface area contributed by atoms with Crippen LogP contribution in [0.2, 0.25) is 18.1 Å². The molecule has 0 aromatic heterocycles. The van der Waals surface area contributed by atoms with E-state index in [1.54, 1.807) is 0 Å². The van der Waals surface area contributed by atoms with E-state index in [-0.39, 0.29) is 0 Å². The molecule has 1 aromatic rings. The lowest BCUT2D eigenvalue weighted by Gasteiger charge is -2.32. The van der Waals surface area contributed by atoms with Gasteiger partial charge in [0.1, 0.15) is 6.29 Å². The number of carbonyl (C=O) groups excluding carboxylic acids is 1. The molecule has 0 heterocycles. The van der Waals surface area contributed by atoms with Crippen LogP contribution in [-0.2, 0) is 4.79 Å². The number of carbonyl (C=O) groups is 1. The Labute approximate surface area is 156 Å². The van der Waals surface area contributed by atoms with Crippen molar-refractivity contribution in [2.24, 2.45) is 0 Å². The molecular formula is C23H38OSi. The summed E-state index contributed by atoms with van der Waals surface area (Å²) < 4.78 is 0. The van der Waals surface area contributed by atoms with E-state index in [1.807, 2.05) is 0 Å². The maximum atomic E-state index is 12.3. The highest BCUT2D eigenvalue weighted by Crippen LogP contribution is 2.38. The Morgan fingerprint density at radius 3 is 1.84 bits per heavy atom. The van der Waals surface area contributed by atoms with Crippen molar-refractivity contribution in [2.75, 3.05) is 0 Å². The first-order chi connectivity index (χ1) is 11.9. The van der Waals surface area contributed by atoms with E-state index in [4.69, 9.17) is 0 Å². The van der Waals surface area contributed by atoms with Crippen LogP contribution in [-0.4, -0.2) is 14.4 Å². The summed E-state index contributed by atoms with van der Waals surface area (Å²) >= 11 is 0. The minimum Gasteiger partial charge on any atom is -0.299 e. The Balaban J connectivity index is 3.68. The van der Waals surface area contributed by atoms with Crippen molar-refractivity contribution >= 4 is 19.9 Å². The predicted molar refractivity (Wildman–Crippen MR) is 115 cm³/mol. The normalized spacial score (nSPS) is 12.9. The van der Waals surface area contributed by atoms with Crippen molar-refractivity contribution in [2.45, 2.75) is 92.3 Å². The topological polar surface area (TPSA) is 17.1 Å². The molecule has 0 N–H and O–H groups in total. The molecule has 0 spiro atoms. The highest BCUT2D eigenvalue weighted by molar-refractivity contribution is 6.90. The predicted octanol–water partition coefficient (Wildman–Crippen LogP) is 7.19. The Morgan fingerprint density at radius 1 is 0.920 bits per heavy atom. The SMILES string of the molecule is CCCCC/C(=C(/C=O)[Si](CC)(CC)CC)c1c(C)cc(C)cc1C. The van der Waals surface area contributed by atoms with Crippen LogP contribution < -0.4 is 0 Å². The zero-order valence-corrected chi connectivity index (χ0v) is 18.6. The van der Waals surface area contributed by atoms with Gasteiger partial charge in [0, 0.05) is 0 Å². The molecule has 0 radical (unpaired) electrons. The Hall–Kier alpha value is -1.15. The van der Waals surface area contributed by atoms with Crippen molar-refractivity contribution in [3.8, 4) is 0 Å². The molecule has 0 saturated heterocycles. The van der Waals surface area contributed by atoms with Gasteiger partial charge in [-0.3, -0.25) is 4.79 Å². The van der Waals surface area contributed by atoms with Gasteiger partial charge in [-0.15, -0.1) is 0 Å². The fraction of sp³-hybridized carbons (Fsp3) is 0.609. The van der Waals surface area contributed by atoms with Crippen molar-refractivity contribution < 1.29 is 4.79 Å². The summed E-state index contributed by atoms with van der Waals surface area (Å²) in [7, 11) is -1.70. The zero-order chi connectivity index (χ0) is 19.0. The highest BCUT2D eigenvalue weighted by Gasteiger charge is 2.34. The molecule has 2 heteroatoms. The van der Waals surface area contributed by atoms with Gasteiger partial charge in [-0.25, -0.2) is 0 Å². The van der Waals surface area contributed by atoms with Gasteiger partial charge in [0.25, 0.3) is 0 Å². The van der Waals surface area contributed by atoms with Crippen LogP contribution in [0, 0.1) is 20.8 Å². The van der Waals surface area contributed by atoms with Crippen LogP contribution in [0.4, 0.5) is 0 Å². The third-order valence-corrected chi connectivity index (χ3v) is 11.7. The van der Waals surface area contributed by atoms with Crippen molar-refractivity contribution in [1.82, 2.24) is 0 Å². The summed E-state index contributed by atoms with van der Waals surface area (Å²) in [6, 6.07) is 8.04. The summed E-state index contributed by atoms with van der Waals surface area (Å²) in [5.41, 5.74) is 6.69. The summed E-state index contributed by atoms with van der Waals surface area (Å²) in [5.74, 6) is 0. The van der Waals surface area contributed by atoms with E-state index in [2.05, 4.69) is 60.6 Å². The van der Waals surface area contributed by atoms with E-state index in [0.717, 1.165) is 24.6 Å². The second kappa shape index (κ2) is 10.1. The second-order valence-corrected chi connectivity index (χ2v) is 12.8. The summed E-state index contributed by atoms with van der Waals surface area (Å²) in [6.45, 7) is 15.7. The van der Waals surface area contributed by atoms with Gasteiger partial charge in [-0.1, -0.05) is 76.4 Å². The molecule has 25 heavy (non-hydrogen) atoms. The van der Waals surface area contributed by atoms with E-state index >= 15 is 0 Å². The van der Waals surface area contributed by atoms with Crippen LogP contribution in [0.5, 0.6) is 0 Å². The second-order valence-electron chi connectivity index (χ2n) is 7.58. The summed E-state index contributed by atoms with van der Waals surface area (Å²) in [6.07, 6.45) is 5.91. The summed E-state index contributed by atoms with van der Waals surface area (Å²) in [4.78, 5) is 12.3. The number of aldehydes is 1. The van der Waals surface area contributed by atoms with Crippen molar-refractivity contribution in [1.29, 1.82) is 0 Å². The monoisotopic (exact) mass is 358 g/mol. The number of hydrogen-bond acceptors (Lipinski definition) is 1. The molecule has 0 unspecified atom stereocenters. The molecule has 0 atom stereocenters. The van der Waals surface area contributed by atoms with Gasteiger partial charge in [0.05, 0.1) is 8.07 Å². The van der Waals surface area contributed by atoms with Gasteiger partial charge in [0.15, 0.2) is 0 Å². The van der Waals surface area contributed by atoms with E-state index in [1.165, 1.54) is 58.6 Å². The first-order valence-electron chi connectivity index (χ1n) is 10.2. The average Bonchev–Trinajstić information content (AvgIpc) is 2.58. The maximum Gasteiger partial charge on any atom is 0.142 e. The van der Waals surface area contributed by atoms with Gasteiger partial charge in [-0.2, -0.15) is 0 Å². The molecule has 0 aliphatic carbocycles. The number of unbranched alkanes of at least 4 members (excludes halogenated alkanes) is 2. The number of aryl methyl sites for hydroxylation is 3. The Morgan fingerprint density at radius 2 is 1.44 bits per heavy atom. The molecular weight excluding hydrogens is 320 g/mol. The average molecular weight is 359 g/mol. The van der Waals surface area contributed by atoms with E-state index < -0.39 is 8.07 Å². The van der Waals surface area contributed by atoms with Crippen LogP contribution in [0.3, 0.4) is 0 Å². The lowest BCUT2D eigenvalue weighted by Crippen LogP contribution is -2.36. The molecule has 1 nitrogen and oxygen atoms in total. The van der Waals surface area contributed by atoms with Crippen LogP contribution in [0.1, 0.15) is 75.6 Å². The Kier molecular flexibility index (Phi) is 8.85. The molecule has 0 aliphatic rings. The fourth-order valence-electron chi connectivity index (χ4n) is 4.44. The van der Waals surface area contributed by atoms with Crippen LogP contribution in [0.15, 0.2) is 17.3 Å². The largest absolute Gasteiger partial charge is 0.299 e. The summed E-state index contributed by atoms with van der Waals surface area (Å²) in [5, 5.41) is 1.20. The minimum absolute atomic E-state index is 1.04. The van der Waals surface area contributed by atoms with Crippen molar-refractivity contribution in [3.63, 3.8) is 0 Å². The molecule has 140 valence electrons. The maximum absolute atomic E-state index is 12.3. The van der Waals surface area contributed by atoms with Gasteiger partial charge in [0.2, 0.25) is 0 Å². The fourth-order valence-corrected chi connectivity index (χ4v) is 8.22. The molecule has 0 amide bonds. The quantitative estimate of drug-likeness (QED) is 0.187. The number of benzene rings is 1. The lowest BCUT2D eigenvalue weighted by molar-refractivity contribution is -0.104. The first kappa shape index (κ1) is 21.9. The van der Waals surface area contributed by atoms with Gasteiger partial charge >= 0.3 is 0 Å². The standard InChI is InChI=1S/C23H38OSi/c1-8-12-13-14-21(22(17-24)25(9-2,10-3)11-4)23-19(6)15-18(5)16-20(23)7/h15-17H,8-14H2,1-7H3/b22-21+. The van der Waals surface area contributed by atoms with Crippen LogP contribution >= 0.6 is 0 Å². The van der Waals surface area contributed by atoms with Gasteiger partial charge in [-0.05, 0) is 61.1 Å². The molecule has 0 aliphatic heterocycles. The molecule has 1 aromatic carbocycles. The third-order valence-electron chi connectivity index (χ3n) is 6.05.